The van der Waals surface area contributed by atoms with E-state index in [4.69, 9.17) is 5.11 Å². The van der Waals surface area contributed by atoms with Gasteiger partial charge < -0.3 is 34.8 Å². The Morgan fingerprint density at radius 2 is 1.60 bits per heavy atom. The van der Waals surface area contributed by atoms with Gasteiger partial charge in [-0.15, -0.1) is 0 Å². The summed E-state index contributed by atoms with van der Waals surface area (Å²) in [6.45, 7) is 0. The molecule has 15 heavy (non-hydrogen) atoms. The van der Waals surface area contributed by atoms with Crippen molar-refractivity contribution in [3.8, 4) is 0 Å². The van der Waals surface area contributed by atoms with E-state index in [1.54, 1.807) is 0 Å². The monoisotopic (exact) mass is 217 g/mol. The molecule has 0 aliphatic carbocycles. The molecule has 7 heteroatoms. The number of aliphatic hydroxyl groups excluding tert-OH is 1. The lowest BCUT2D eigenvalue weighted by molar-refractivity contribution is -0.330. The zero-order valence-electron chi connectivity index (χ0n) is 7.67. The van der Waals surface area contributed by atoms with E-state index in [1.165, 1.54) is 0 Å². The van der Waals surface area contributed by atoms with Crippen LogP contribution in [0.4, 0.5) is 0 Å². The Bertz CT molecular complexity index is 260. The topological polar surface area (TPSA) is 141 Å². The zero-order chi connectivity index (χ0) is 12.0. The van der Waals surface area contributed by atoms with Gasteiger partial charge in [0, 0.05) is 17.9 Å². The van der Waals surface area contributed by atoms with Crippen LogP contribution >= 0.6 is 0 Å². The van der Waals surface area contributed by atoms with Crippen molar-refractivity contribution in [1.29, 1.82) is 0 Å². The number of carboxylic acid groups (broad SMARTS) is 3. The molecule has 0 aromatic heterocycles. The summed E-state index contributed by atoms with van der Waals surface area (Å²) in [5, 5.41) is 39.4. The average molecular weight is 217 g/mol. The number of carbonyl (C=O) groups excluding carboxylic acids is 3. The SMILES string of the molecule is O=C([O-])CCCC(C(=O)[O-])C(O)C(=O)[O-]. The van der Waals surface area contributed by atoms with Crippen LogP contribution in [0.2, 0.25) is 0 Å². The summed E-state index contributed by atoms with van der Waals surface area (Å²) in [6.07, 6.45) is -3.06. The van der Waals surface area contributed by atoms with E-state index in [2.05, 4.69) is 0 Å². The third-order valence-corrected chi connectivity index (χ3v) is 1.82. The van der Waals surface area contributed by atoms with Gasteiger partial charge in [0.2, 0.25) is 0 Å². The lowest BCUT2D eigenvalue weighted by Crippen LogP contribution is -2.47. The first-order valence-electron chi connectivity index (χ1n) is 4.16. The number of carboxylic acids is 3. The van der Waals surface area contributed by atoms with Gasteiger partial charge in [-0.2, -0.15) is 0 Å². The molecule has 0 aromatic carbocycles. The van der Waals surface area contributed by atoms with Gasteiger partial charge in [0.15, 0.2) is 0 Å². The van der Waals surface area contributed by atoms with E-state index in [-0.39, 0.29) is 12.8 Å². The fourth-order valence-electron chi connectivity index (χ4n) is 1.04. The lowest BCUT2D eigenvalue weighted by atomic mass is 9.96. The standard InChI is InChI=1S/C8H12O7/c9-5(10)3-1-2-4(7(12)13)6(11)8(14)15/h4,6,11H,1-3H2,(H,9,10)(H,12,13)(H,14,15)/p-3. The quantitative estimate of drug-likeness (QED) is 0.452. The largest absolute Gasteiger partial charge is 0.550 e. The minimum atomic E-state index is -2.20. The zero-order valence-corrected chi connectivity index (χ0v) is 7.67. The normalized spacial score (nSPS) is 14.2. The van der Waals surface area contributed by atoms with Crippen molar-refractivity contribution < 1.29 is 34.8 Å². The summed E-state index contributed by atoms with van der Waals surface area (Å²) < 4.78 is 0. The molecule has 0 radical (unpaired) electrons. The third-order valence-electron chi connectivity index (χ3n) is 1.82. The molecule has 2 atom stereocenters. The summed E-state index contributed by atoms with van der Waals surface area (Å²) in [4.78, 5) is 30.5. The molecule has 0 bridgehead atoms. The molecule has 0 aliphatic heterocycles. The number of hydrogen-bond acceptors (Lipinski definition) is 7. The van der Waals surface area contributed by atoms with Crippen LogP contribution in [0.5, 0.6) is 0 Å². The average Bonchev–Trinajstić information content (AvgIpc) is 2.10. The van der Waals surface area contributed by atoms with Gasteiger partial charge in [-0.1, -0.05) is 0 Å². The molecule has 0 aromatic rings. The van der Waals surface area contributed by atoms with Crippen molar-refractivity contribution >= 4 is 17.9 Å². The highest BCUT2D eigenvalue weighted by atomic mass is 16.4. The molecule has 0 amide bonds. The van der Waals surface area contributed by atoms with Crippen molar-refractivity contribution in [2.45, 2.75) is 25.4 Å². The molecule has 2 unspecified atom stereocenters. The fourth-order valence-corrected chi connectivity index (χ4v) is 1.04. The van der Waals surface area contributed by atoms with Crippen LogP contribution in [-0.4, -0.2) is 29.1 Å². The van der Waals surface area contributed by atoms with Crippen molar-refractivity contribution in [2.75, 3.05) is 0 Å². The summed E-state index contributed by atoms with van der Waals surface area (Å²) in [5.41, 5.74) is 0. The summed E-state index contributed by atoms with van der Waals surface area (Å²) in [5.74, 6) is -6.74. The second-order valence-corrected chi connectivity index (χ2v) is 2.95. The molecule has 86 valence electrons. The molecule has 1 N–H and O–H groups in total. The van der Waals surface area contributed by atoms with Crippen molar-refractivity contribution in [3.63, 3.8) is 0 Å². The highest BCUT2D eigenvalue weighted by Gasteiger charge is 2.20. The van der Waals surface area contributed by atoms with Crippen LogP contribution in [-0.2, 0) is 14.4 Å². The van der Waals surface area contributed by atoms with Gasteiger partial charge in [-0.05, 0) is 19.3 Å². The second-order valence-electron chi connectivity index (χ2n) is 2.95. The van der Waals surface area contributed by atoms with Crippen LogP contribution < -0.4 is 15.3 Å². The molecule has 0 saturated carbocycles. The Balaban J connectivity index is 4.23. The summed E-state index contributed by atoms with van der Waals surface area (Å²) in [7, 11) is 0. The maximum Gasteiger partial charge on any atom is 0.101 e. The molecule has 7 nitrogen and oxygen atoms in total. The molecule has 0 fully saturated rings. The minimum absolute atomic E-state index is 0.120. The van der Waals surface area contributed by atoms with E-state index in [0.29, 0.717) is 0 Å². The van der Waals surface area contributed by atoms with E-state index in [1.807, 2.05) is 0 Å². The first kappa shape index (κ1) is 13.4. The Morgan fingerprint density at radius 3 is 1.93 bits per heavy atom. The van der Waals surface area contributed by atoms with Crippen LogP contribution in [0.3, 0.4) is 0 Å². The third kappa shape index (κ3) is 4.96. The number of rotatable bonds is 7. The maximum atomic E-state index is 10.4. The molecule has 0 saturated heterocycles. The Morgan fingerprint density at radius 1 is 1.07 bits per heavy atom. The summed E-state index contributed by atoms with van der Waals surface area (Å²) in [6, 6.07) is 0. The molecular formula is C8H9O7-3. The Kier molecular flexibility index (Phi) is 5.32. The van der Waals surface area contributed by atoms with Gasteiger partial charge in [0.05, 0.1) is 5.97 Å². The van der Waals surface area contributed by atoms with Crippen molar-refractivity contribution in [1.82, 2.24) is 0 Å². The minimum Gasteiger partial charge on any atom is -0.550 e. The predicted octanol–water partition coefficient (Wildman–Crippen LogP) is -4.62. The summed E-state index contributed by atoms with van der Waals surface area (Å²) >= 11 is 0. The molecular weight excluding hydrogens is 208 g/mol. The van der Waals surface area contributed by atoms with Crippen molar-refractivity contribution in [3.05, 3.63) is 0 Å². The maximum absolute atomic E-state index is 10.4. The second kappa shape index (κ2) is 5.97. The van der Waals surface area contributed by atoms with Crippen molar-refractivity contribution in [2.24, 2.45) is 5.92 Å². The smallest absolute Gasteiger partial charge is 0.101 e. The molecule has 0 aliphatic rings. The highest BCUT2D eigenvalue weighted by Crippen LogP contribution is 2.12. The number of aliphatic carboxylic acids is 3. The van der Waals surface area contributed by atoms with Crippen LogP contribution in [0.15, 0.2) is 0 Å². The molecule has 0 rings (SSSR count). The first-order chi connectivity index (χ1) is 6.86. The van der Waals surface area contributed by atoms with E-state index in [9.17, 15) is 29.7 Å². The van der Waals surface area contributed by atoms with Gasteiger partial charge >= 0.3 is 0 Å². The van der Waals surface area contributed by atoms with Crippen LogP contribution in [0.1, 0.15) is 19.3 Å². The van der Waals surface area contributed by atoms with E-state index >= 15 is 0 Å². The Labute approximate surface area is 85.0 Å². The molecule has 0 heterocycles. The molecule has 0 spiro atoms. The van der Waals surface area contributed by atoms with Crippen LogP contribution in [0.25, 0.3) is 0 Å². The first-order valence-corrected chi connectivity index (χ1v) is 4.16. The van der Waals surface area contributed by atoms with E-state index < -0.39 is 36.4 Å². The predicted molar refractivity (Wildman–Crippen MR) is 38.4 cm³/mol. The number of carbonyl (C=O) groups is 3. The number of aliphatic hydroxyl groups is 1. The van der Waals surface area contributed by atoms with Gasteiger partial charge in [-0.3, -0.25) is 0 Å². The number of hydrogen-bond donors (Lipinski definition) is 1. The van der Waals surface area contributed by atoms with Gasteiger partial charge in [-0.25, -0.2) is 0 Å². The highest BCUT2D eigenvalue weighted by molar-refractivity contribution is 5.79. The van der Waals surface area contributed by atoms with E-state index in [0.717, 1.165) is 0 Å². The Hall–Kier alpha value is -1.63. The lowest BCUT2D eigenvalue weighted by Gasteiger charge is -2.24. The fraction of sp³-hybridized carbons (Fsp3) is 0.625. The van der Waals surface area contributed by atoms with Gasteiger partial charge in [0.1, 0.15) is 6.10 Å². The van der Waals surface area contributed by atoms with Crippen LogP contribution in [0, 0.1) is 5.92 Å². The van der Waals surface area contributed by atoms with Gasteiger partial charge in [0.25, 0.3) is 0 Å².